The number of imide groups is 1. The van der Waals surface area contributed by atoms with Gasteiger partial charge in [0.2, 0.25) is 0 Å². The molecule has 0 bridgehead atoms. The molecule has 0 aliphatic rings. The number of hydrazine groups is 1. The molecule has 0 unspecified atom stereocenters. The normalized spacial score (nSPS) is 10.5. The zero-order valence-corrected chi connectivity index (χ0v) is 8.34. The summed E-state index contributed by atoms with van der Waals surface area (Å²) in [6, 6.07) is 6.89. The van der Waals surface area contributed by atoms with Gasteiger partial charge in [-0.2, -0.15) is 13.2 Å². The largest absolute Gasteiger partial charge is 0.471 e. The standard InChI is InChI=1S/C9H8F3N3O2/c10-9(11,12)7(16)13-8(17)15-14-6-4-2-1-3-5-6/h1-5,14H,(H2,13,15,16,17). The van der Waals surface area contributed by atoms with Crippen molar-refractivity contribution in [2.24, 2.45) is 0 Å². The number of para-hydroxylation sites is 1. The van der Waals surface area contributed by atoms with E-state index in [1.165, 1.54) is 0 Å². The van der Waals surface area contributed by atoms with Gasteiger partial charge >= 0.3 is 18.1 Å². The fraction of sp³-hybridized carbons (Fsp3) is 0.111. The molecule has 5 nitrogen and oxygen atoms in total. The number of hydrogen-bond acceptors (Lipinski definition) is 3. The number of nitrogens with one attached hydrogen (secondary N) is 3. The third-order valence-electron chi connectivity index (χ3n) is 1.58. The molecule has 0 radical (unpaired) electrons. The van der Waals surface area contributed by atoms with E-state index in [9.17, 15) is 22.8 Å². The number of urea groups is 1. The highest BCUT2D eigenvalue weighted by atomic mass is 19.4. The van der Waals surface area contributed by atoms with E-state index in [2.05, 4.69) is 5.43 Å². The summed E-state index contributed by atoms with van der Waals surface area (Å²) in [7, 11) is 0. The van der Waals surface area contributed by atoms with Gasteiger partial charge in [0.05, 0.1) is 5.69 Å². The lowest BCUT2D eigenvalue weighted by molar-refractivity contribution is -0.172. The van der Waals surface area contributed by atoms with Gasteiger partial charge in [0.1, 0.15) is 0 Å². The Kier molecular flexibility index (Phi) is 3.91. The quantitative estimate of drug-likeness (QED) is 0.692. The lowest BCUT2D eigenvalue weighted by atomic mass is 10.3. The van der Waals surface area contributed by atoms with Crippen molar-refractivity contribution in [2.75, 3.05) is 5.43 Å². The first-order valence-corrected chi connectivity index (χ1v) is 4.39. The van der Waals surface area contributed by atoms with Gasteiger partial charge in [0.15, 0.2) is 0 Å². The van der Waals surface area contributed by atoms with Crippen LogP contribution in [0.4, 0.5) is 23.7 Å². The number of carbonyl (C=O) groups excluding carboxylic acids is 2. The van der Waals surface area contributed by atoms with E-state index >= 15 is 0 Å². The van der Waals surface area contributed by atoms with Gasteiger partial charge in [-0.3, -0.25) is 21.0 Å². The molecule has 1 aromatic rings. The minimum Gasteiger partial charge on any atom is -0.297 e. The van der Waals surface area contributed by atoms with E-state index in [1.807, 2.05) is 5.43 Å². The Morgan fingerprint density at radius 2 is 1.65 bits per heavy atom. The maximum atomic E-state index is 11.8. The molecule has 3 N–H and O–H groups in total. The van der Waals surface area contributed by atoms with Crippen molar-refractivity contribution >= 4 is 17.6 Å². The predicted molar refractivity (Wildman–Crippen MR) is 52.8 cm³/mol. The van der Waals surface area contributed by atoms with Crippen LogP contribution in [0.5, 0.6) is 0 Å². The molecule has 0 saturated heterocycles. The highest BCUT2D eigenvalue weighted by Crippen LogP contribution is 2.13. The van der Waals surface area contributed by atoms with Crippen LogP contribution in [0.1, 0.15) is 0 Å². The molecular weight excluding hydrogens is 239 g/mol. The molecule has 0 aliphatic heterocycles. The van der Waals surface area contributed by atoms with Crippen molar-refractivity contribution in [3.63, 3.8) is 0 Å². The number of halogens is 3. The van der Waals surface area contributed by atoms with Gasteiger partial charge < -0.3 is 0 Å². The van der Waals surface area contributed by atoms with Gasteiger partial charge in [0.25, 0.3) is 0 Å². The Bertz CT molecular complexity index is 406. The second-order valence-electron chi connectivity index (χ2n) is 2.90. The number of benzene rings is 1. The number of carbonyl (C=O) groups is 2. The molecule has 0 atom stereocenters. The highest BCUT2D eigenvalue weighted by molar-refractivity contribution is 5.97. The average molecular weight is 247 g/mol. The summed E-state index contributed by atoms with van der Waals surface area (Å²) in [6.45, 7) is 0. The first-order valence-electron chi connectivity index (χ1n) is 4.39. The molecule has 0 saturated carbocycles. The third kappa shape index (κ3) is 4.41. The Balaban J connectivity index is 2.39. The van der Waals surface area contributed by atoms with Crippen molar-refractivity contribution in [3.05, 3.63) is 30.3 Å². The minimum atomic E-state index is -5.09. The van der Waals surface area contributed by atoms with Crippen LogP contribution in [0, 0.1) is 0 Å². The number of rotatable bonds is 2. The summed E-state index contributed by atoms with van der Waals surface area (Å²) >= 11 is 0. The smallest absolute Gasteiger partial charge is 0.297 e. The van der Waals surface area contributed by atoms with E-state index in [0.717, 1.165) is 5.32 Å². The summed E-state index contributed by atoms with van der Waals surface area (Å²) in [5.74, 6) is -2.33. The first-order chi connectivity index (χ1) is 7.89. The molecule has 0 spiro atoms. The van der Waals surface area contributed by atoms with Crippen LogP contribution >= 0.6 is 0 Å². The van der Waals surface area contributed by atoms with Crippen LogP contribution in [0.2, 0.25) is 0 Å². The topological polar surface area (TPSA) is 70.2 Å². The zero-order valence-electron chi connectivity index (χ0n) is 8.34. The SMILES string of the molecule is O=C(NNc1ccccc1)NC(=O)C(F)(F)F. The van der Waals surface area contributed by atoms with E-state index in [-0.39, 0.29) is 0 Å². The Hall–Kier alpha value is -2.25. The summed E-state index contributed by atoms with van der Waals surface area (Å²) in [4.78, 5) is 21.2. The van der Waals surface area contributed by atoms with Gasteiger partial charge in [-0.25, -0.2) is 4.79 Å². The van der Waals surface area contributed by atoms with Crippen molar-refractivity contribution in [1.82, 2.24) is 10.7 Å². The number of hydrogen-bond donors (Lipinski definition) is 3. The second kappa shape index (κ2) is 5.19. The molecule has 3 amide bonds. The predicted octanol–water partition coefficient (Wildman–Crippen LogP) is 1.40. The molecule has 1 rings (SSSR count). The van der Waals surface area contributed by atoms with Crippen LogP contribution < -0.4 is 16.2 Å². The fourth-order valence-corrected chi connectivity index (χ4v) is 0.856. The van der Waals surface area contributed by atoms with Gasteiger partial charge in [-0.05, 0) is 12.1 Å². The average Bonchev–Trinajstić information content (AvgIpc) is 2.26. The molecule has 0 aromatic heterocycles. The van der Waals surface area contributed by atoms with E-state index in [0.29, 0.717) is 5.69 Å². The summed E-state index contributed by atoms with van der Waals surface area (Å²) in [6.07, 6.45) is -5.09. The van der Waals surface area contributed by atoms with Gasteiger partial charge in [-0.15, -0.1) is 0 Å². The Morgan fingerprint density at radius 3 is 2.18 bits per heavy atom. The molecule has 1 aromatic carbocycles. The number of amides is 3. The monoisotopic (exact) mass is 247 g/mol. The third-order valence-corrected chi connectivity index (χ3v) is 1.58. The van der Waals surface area contributed by atoms with Gasteiger partial charge in [-0.1, -0.05) is 18.2 Å². The van der Waals surface area contributed by atoms with E-state index < -0.39 is 18.1 Å². The molecule has 92 valence electrons. The lowest BCUT2D eigenvalue weighted by Crippen LogP contribution is -2.47. The van der Waals surface area contributed by atoms with Gasteiger partial charge in [0, 0.05) is 0 Å². The van der Waals surface area contributed by atoms with Crippen molar-refractivity contribution in [2.45, 2.75) is 6.18 Å². The lowest BCUT2D eigenvalue weighted by Gasteiger charge is -2.10. The Morgan fingerprint density at radius 1 is 1.06 bits per heavy atom. The molecule has 8 heteroatoms. The maximum Gasteiger partial charge on any atom is 0.471 e. The molecule has 0 aliphatic carbocycles. The van der Waals surface area contributed by atoms with Crippen molar-refractivity contribution in [3.8, 4) is 0 Å². The fourth-order valence-electron chi connectivity index (χ4n) is 0.856. The Labute approximate surface area is 94.0 Å². The van der Waals surface area contributed by atoms with E-state index in [4.69, 9.17) is 0 Å². The summed E-state index contributed by atoms with van der Waals surface area (Å²) in [5, 5.41) is 1.11. The first kappa shape index (κ1) is 12.8. The maximum absolute atomic E-state index is 11.8. The van der Waals surface area contributed by atoms with Crippen LogP contribution in [-0.2, 0) is 4.79 Å². The molecule has 0 fully saturated rings. The van der Waals surface area contributed by atoms with Crippen LogP contribution in [-0.4, -0.2) is 18.1 Å². The van der Waals surface area contributed by atoms with Crippen LogP contribution in [0.25, 0.3) is 0 Å². The van der Waals surface area contributed by atoms with Crippen molar-refractivity contribution in [1.29, 1.82) is 0 Å². The van der Waals surface area contributed by atoms with Crippen molar-refractivity contribution < 1.29 is 22.8 Å². The minimum absolute atomic E-state index is 0.460. The van der Waals surface area contributed by atoms with Crippen LogP contribution in [0.3, 0.4) is 0 Å². The molecule has 17 heavy (non-hydrogen) atoms. The summed E-state index contributed by atoms with van der Waals surface area (Å²) < 4.78 is 35.3. The second-order valence-corrected chi connectivity index (χ2v) is 2.90. The zero-order chi connectivity index (χ0) is 12.9. The van der Waals surface area contributed by atoms with Crippen LogP contribution in [0.15, 0.2) is 30.3 Å². The molecular formula is C9H8F3N3O2. The van der Waals surface area contributed by atoms with E-state index in [1.54, 1.807) is 30.3 Å². The number of anilines is 1. The highest BCUT2D eigenvalue weighted by Gasteiger charge is 2.39. The summed E-state index contributed by atoms with van der Waals surface area (Å²) in [5.41, 5.74) is 4.66. The number of alkyl halides is 3. The molecule has 0 heterocycles.